The first-order valence-electron chi connectivity index (χ1n) is 9.26. The zero-order valence-electron chi connectivity index (χ0n) is 16.3. The van der Waals surface area contributed by atoms with Crippen LogP contribution < -0.4 is 25.5 Å². The zero-order valence-corrected chi connectivity index (χ0v) is 18.3. The molecule has 0 saturated heterocycles. The molecule has 1 aliphatic heterocycles. The van der Waals surface area contributed by atoms with Crippen molar-refractivity contribution in [2.75, 3.05) is 7.11 Å². The quantitative estimate of drug-likeness (QED) is 0.594. The Labute approximate surface area is 158 Å². The maximum atomic E-state index is 5.61. The van der Waals surface area contributed by atoms with Crippen molar-refractivity contribution in [1.29, 1.82) is 0 Å². The Balaban J connectivity index is 2.18. The van der Waals surface area contributed by atoms with Crippen LogP contribution in [0.4, 0.5) is 0 Å². The molecule has 3 aromatic rings. The summed E-state index contributed by atoms with van der Waals surface area (Å²) in [5.41, 5.74) is 2.86. The molecular formula is C23H26OSi2. The van der Waals surface area contributed by atoms with Crippen LogP contribution in [-0.2, 0) is 0 Å². The van der Waals surface area contributed by atoms with Crippen LogP contribution >= 0.6 is 0 Å². The monoisotopic (exact) mass is 374 g/mol. The van der Waals surface area contributed by atoms with Gasteiger partial charge in [-0.25, -0.2) is 0 Å². The third-order valence-corrected chi connectivity index (χ3v) is 13.4. The lowest BCUT2D eigenvalue weighted by molar-refractivity contribution is 0.415. The lowest BCUT2D eigenvalue weighted by atomic mass is 10.1. The van der Waals surface area contributed by atoms with Gasteiger partial charge in [0.15, 0.2) is 0 Å². The van der Waals surface area contributed by atoms with Crippen LogP contribution in [-0.4, -0.2) is 23.3 Å². The lowest BCUT2D eigenvalue weighted by Crippen LogP contribution is -2.69. The fourth-order valence-corrected chi connectivity index (χ4v) is 12.3. The van der Waals surface area contributed by atoms with Crippen molar-refractivity contribution in [3.63, 3.8) is 0 Å². The van der Waals surface area contributed by atoms with Crippen molar-refractivity contribution in [2.45, 2.75) is 26.2 Å². The first-order chi connectivity index (χ1) is 12.4. The molecular weight excluding hydrogens is 348 g/mol. The standard InChI is InChI=1S/C23H26OSi2/c1-24-17-14-15-22-23(16-17)26(4,5)21-13-9-7-11-19(21)18-10-6-8-12-20(18)25(22,2)3/h6-16H,1-5H3. The van der Waals surface area contributed by atoms with Gasteiger partial charge in [-0.2, -0.15) is 0 Å². The Morgan fingerprint density at radius 3 is 1.62 bits per heavy atom. The third-order valence-electron chi connectivity index (χ3n) is 6.06. The number of benzene rings is 3. The van der Waals surface area contributed by atoms with Crippen LogP contribution in [0.25, 0.3) is 11.1 Å². The Morgan fingerprint density at radius 2 is 1.08 bits per heavy atom. The van der Waals surface area contributed by atoms with Crippen molar-refractivity contribution in [3.8, 4) is 16.9 Å². The molecule has 3 heteroatoms. The van der Waals surface area contributed by atoms with E-state index in [1.807, 2.05) is 0 Å². The van der Waals surface area contributed by atoms with Crippen LogP contribution in [0.1, 0.15) is 0 Å². The largest absolute Gasteiger partial charge is 0.497 e. The normalized spacial score (nSPS) is 16.5. The Hall–Kier alpha value is -2.11. The maximum absolute atomic E-state index is 5.61. The summed E-state index contributed by atoms with van der Waals surface area (Å²) in [6.07, 6.45) is 0. The number of fused-ring (bicyclic) bond motifs is 4. The van der Waals surface area contributed by atoms with Crippen molar-refractivity contribution < 1.29 is 4.74 Å². The summed E-state index contributed by atoms with van der Waals surface area (Å²) < 4.78 is 5.61. The van der Waals surface area contributed by atoms with Crippen molar-refractivity contribution in [3.05, 3.63) is 66.7 Å². The van der Waals surface area contributed by atoms with Gasteiger partial charge in [-0.1, -0.05) is 91.2 Å². The number of ether oxygens (including phenoxy) is 1. The highest BCUT2D eigenvalue weighted by atomic mass is 28.3. The second-order valence-electron chi connectivity index (χ2n) is 8.25. The fourth-order valence-electron chi connectivity index (χ4n) is 4.53. The van der Waals surface area contributed by atoms with E-state index in [9.17, 15) is 0 Å². The number of rotatable bonds is 1. The molecule has 0 fully saturated rings. The summed E-state index contributed by atoms with van der Waals surface area (Å²) in [6, 6.07) is 24.9. The van der Waals surface area contributed by atoms with Gasteiger partial charge in [-0.15, -0.1) is 0 Å². The number of hydrogen-bond donors (Lipinski definition) is 0. The van der Waals surface area contributed by atoms with Crippen molar-refractivity contribution >= 4 is 36.9 Å². The molecule has 1 nitrogen and oxygen atoms in total. The predicted molar refractivity (Wildman–Crippen MR) is 118 cm³/mol. The summed E-state index contributed by atoms with van der Waals surface area (Å²) in [5.74, 6) is 0.973. The number of methoxy groups -OCH3 is 1. The molecule has 1 heterocycles. The van der Waals surface area contributed by atoms with Crippen LogP contribution in [0.5, 0.6) is 5.75 Å². The molecule has 0 bridgehead atoms. The zero-order chi connectivity index (χ0) is 18.5. The Kier molecular flexibility index (Phi) is 3.97. The average Bonchev–Trinajstić information content (AvgIpc) is 2.67. The average molecular weight is 375 g/mol. The molecule has 26 heavy (non-hydrogen) atoms. The van der Waals surface area contributed by atoms with E-state index in [1.54, 1.807) is 12.3 Å². The molecule has 0 unspecified atom stereocenters. The van der Waals surface area contributed by atoms with E-state index in [-0.39, 0.29) is 0 Å². The van der Waals surface area contributed by atoms with Gasteiger partial charge in [0.1, 0.15) is 21.9 Å². The van der Waals surface area contributed by atoms with E-state index in [1.165, 1.54) is 26.7 Å². The molecule has 1 aliphatic rings. The third kappa shape index (κ3) is 2.42. The fraction of sp³-hybridized carbons (Fsp3) is 0.217. The Bertz CT molecular complexity index is 989. The van der Waals surface area contributed by atoms with E-state index >= 15 is 0 Å². The second-order valence-corrected chi connectivity index (χ2v) is 16.9. The molecule has 132 valence electrons. The van der Waals surface area contributed by atoms with Gasteiger partial charge >= 0.3 is 0 Å². The van der Waals surface area contributed by atoms with Crippen LogP contribution in [0, 0.1) is 0 Å². The molecule has 0 radical (unpaired) electrons. The van der Waals surface area contributed by atoms with E-state index in [0.717, 1.165) is 5.75 Å². The smallest absolute Gasteiger partial charge is 0.118 e. The molecule has 0 aromatic heterocycles. The molecule has 3 aromatic carbocycles. The van der Waals surface area contributed by atoms with E-state index in [0.29, 0.717) is 0 Å². The minimum Gasteiger partial charge on any atom is -0.497 e. The van der Waals surface area contributed by atoms with Crippen LogP contribution in [0.15, 0.2) is 66.7 Å². The number of hydrogen-bond acceptors (Lipinski definition) is 1. The second kappa shape index (κ2) is 5.96. The summed E-state index contributed by atoms with van der Waals surface area (Å²) in [7, 11) is -1.92. The molecule has 0 spiro atoms. The first-order valence-corrected chi connectivity index (χ1v) is 15.3. The van der Waals surface area contributed by atoms with E-state index < -0.39 is 16.1 Å². The molecule has 0 amide bonds. The molecule has 0 N–H and O–H groups in total. The van der Waals surface area contributed by atoms with Crippen LogP contribution in [0.2, 0.25) is 26.2 Å². The van der Waals surface area contributed by atoms with Gasteiger partial charge in [-0.3, -0.25) is 0 Å². The van der Waals surface area contributed by atoms with Gasteiger partial charge in [0.05, 0.1) is 7.11 Å². The maximum Gasteiger partial charge on any atom is 0.118 e. The van der Waals surface area contributed by atoms with Gasteiger partial charge in [0.25, 0.3) is 0 Å². The predicted octanol–water partition coefficient (Wildman–Crippen LogP) is 3.32. The minimum atomic E-state index is -1.86. The molecule has 0 atom stereocenters. The molecule has 0 aliphatic carbocycles. The summed E-state index contributed by atoms with van der Waals surface area (Å²) in [5, 5.41) is 6.15. The highest BCUT2D eigenvalue weighted by Crippen LogP contribution is 2.25. The summed E-state index contributed by atoms with van der Waals surface area (Å²) in [4.78, 5) is 0. The van der Waals surface area contributed by atoms with Crippen molar-refractivity contribution in [1.82, 2.24) is 0 Å². The first kappa shape index (κ1) is 17.3. The van der Waals surface area contributed by atoms with Crippen LogP contribution in [0.3, 0.4) is 0 Å². The highest BCUT2D eigenvalue weighted by molar-refractivity contribution is 7.10. The SMILES string of the molecule is COc1ccc2c(c1)[Si](C)(C)c1ccccc1-c1ccccc1[Si]2(C)C. The lowest BCUT2D eigenvalue weighted by Gasteiger charge is -2.38. The minimum absolute atomic E-state index is 0.973. The van der Waals surface area contributed by atoms with E-state index in [2.05, 4.69) is 92.9 Å². The highest BCUT2D eigenvalue weighted by Gasteiger charge is 2.40. The summed E-state index contributed by atoms with van der Waals surface area (Å²) >= 11 is 0. The van der Waals surface area contributed by atoms with Gasteiger partial charge in [0, 0.05) is 0 Å². The summed E-state index contributed by atoms with van der Waals surface area (Å²) in [6.45, 7) is 9.97. The topological polar surface area (TPSA) is 9.23 Å². The Morgan fingerprint density at radius 1 is 0.577 bits per heavy atom. The van der Waals surface area contributed by atoms with Gasteiger partial charge < -0.3 is 4.74 Å². The molecule has 0 saturated carbocycles. The van der Waals surface area contributed by atoms with Gasteiger partial charge in [0.2, 0.25) is 0 Å². The van der Waals surface area contributed by atoms with Gasteiger partial charge in [-0.05, 0) is 33.6 Å². The van der Waals surface area contributed by atoms with Crippen molar-refractivity contribution in [2.24, 2.45) is 0 Å². The molecule has 4 rings (SSSR count). The van der Waals surface area contributed by atoms with E-state index in [4.69, 9.17) is 4.74 Å².